The number of carbonyl (C=O) groups excluding carboxylic acids is 4. The van der Waals surface area contributed by atoms with Crippen LogP contribution < -0.4 is 5.32 Å². The molecule has 0 radical (unpaired) electrons. The number of ether oxygens (including phenoxy) is 2. The molecule has 0 saturated carbocycles. The highest BCUT2D eigenvalue weighted by Crippen LogP contribution is 2.24. The minimum Gasteiger partial charge on any atom is -0.458 e. The molecule has 1 aromatic rings. The summed E-state index contributed by atoms with van der Waals surface area (Å²) >= 11 is 0. The molecule has 9 nitrogen and oxygen atoms in total. The van der Waals surface area contributed by atoms with Gasteiger partial charge < -0.3 is 24.6 Å². The van der Waals surface area contributed by atoms with Gasteiger partial charge in [0, 0.05) is 13.6 Å². The number of nitrogens with one attached hydrogen (secondary N) is 1. The maximum Gasteiger partial charge on any atom is 0.408 e. The second-order valence-electron chi connectivity index (χ2n) is 10.1. The van der Waals surface area contributed by atoms with Crippen LogP contribution in [0.15, 0.2) is 30.3 Å². The van der Waals surface area contributed by atoms with Crippen molar-refractivity contribution in [3.05, 3.63) is 35.9 Å². The van der Waals surface area contributed by atoms with Crippen molar-refractivity contribution < 1.29 is 28.7 Å². The molecule has 1 saturated heterocycles. The van der Waals surface area contributed by atoms with Crippen molar-refractivity contribution in [2.45, 2.75) is 84.7 Å². The summed E-state index contributed by atoms with van der Waals surface area (Å²) in [5.41, 5.74) is 0.184. The molecule has 35 heavy (non-hydrogen) atoms. The SMILES string of the molecule is CC[C@H](C)[C@H](NC(=O)OCc1ccccc1)C(=O)N(C)[C@@H](C)C(=O)N1CC[C@H]1C(=O)OC(C)(C)C. The zero-order valence-electron chi connectivity index (χ0n) is 21.9. The number of carbonyl (C=O) groups is 4. The van der Waals surface area contributed by atoms with Crippen molar-refractivity contribution in [3.8, 4) is 0 Å². The number of likely N-dealkylation sites (N-methyl/N-ethyl adjacent to an activating group) is 1. The number of esters is 1. The maximum absolute atomic E-state index is 13.3. The quantitative estimate of drug-likeness (QED) is 0.535. The standard InChI is InChI=1S/C26H39N3O6/c1-8-17(2)21(27-25(33)34-16-19-12-10-9-11-13-19)23(31)28(7)18(3)22(30)29-15-14-20(29)24(32)35-26(4,5)6/h9-13,17-18,20-21H,8,14-16H2,1-7H3,(H,27,33)/t17-,18-,20-,21-/m0/s1. The summed E-state index contributed by atoms with van der Waals surface area (Å²) in [5, 5.41) is 2.67. The third-order valence-electron chi connectivity index (χ3n) is 6.23. The van der Waals surface area contributed by atoms with Crippen LogP contribution in [0.25, 0.3) is 0 Å². The molecule has 9 heteroatoms. The van der Waals surface area contributed by atoms with Crippen LogP contribution in [0, 0.1) is 5.92 Å². The first-order valence-electron chi connectivity index (χ1n) is 12.1. The lowest BCUT2D eigenvalue weighted by atomic mass is 9.97. The van der Waals surface area contributed by atoms with Crippen LogP contribution in [-0.4, -0.2) is 71.0 Å². The topological polar surface area (TPSA) is 105 Å². The van der Waals surface area contributed by atoms with Crippen LogP contribution in [0.1, 0.15) is 59.9 Å². The normalized spacial score (nSPS) is 17.9. The molecule has 1 fully saturated rings. The molecule has 3 amide bonds. The molecule has 0 aromatic heterocycles. The van der Waals surface area contributed by atoms with Gasteiger partial charge in [-0.1, -0.05) is 50.6 Å². The summed E-state index contributed by atoms with van der Waals surface area (Å²) in [4.78, 5) is 54.1. The Bertz CT molecular complexity index is 898. The Morgan fingerprint density at radius 1 is 1.14 bits per heavy atom. The van der Waals surface area contributed by atoms with Crippen molar-refractivity contribution in [3.63, 3.8) is 0 Å². The number of alkyl carbamates (subject to hydrolysis) is 1. The largest absolute Gasteiger partial charge is 0.458 e. The number of hydrogen-bond donors (Lipinski definition) is 1. The molecule has 1 aliphatic rings. The summed E-state index contributed by atoms with van der Waals surface area (Å²) in [6, 6.07) is 6.92. The van der Waals surface area contributed by atoms with Gasteiger partial charge >= 0.3 is 12.1 Å². The molecule has 0 aliphatic carbocycles. The zero-order valence-corrected chi connectivity index (χ0v) is 21.9. The molecular weight excluding hydrogens is 450 g/mol. The Balaban J connectivity index is 2.01. The molecular formula is C26H39N3O6. The molecule has 1 aromatic carbocycles. The van der Waals surface area contributed by atoms with Gasteiger partial charge in [0.1, 0.15) is 30.3 Å². The van der Waals surface area contributed by atoms with Crippen LogP contribution in [-0.2, 0) is 30.5 Å². The average Bonchev–Trinajstić information content (AvgIpc) is 2.77. The van der Waals surface area contributed by atoms with E-state index in [0.29, 0.717) is 19.4 Å². The van der Waals surface area contributed by atoms with Crippen molar-refractivity contribution in [2.24, 2.45) is 5.92 Å². The lowest BCUT2D eigenvalue weighted by Gasteiger charge is -2.43. The van der Waals surface area contributed by atoms with E-state index in [1.807, 2.05) is 44.2 Å². The number of likely N-dealkylation sites (tertiary alicyclic amines) is 1. The van der Waals surface area contributed by atoms with E-state index in [0.717, 1.165) is 5.56 Å². The predicted molar refractivity (Wildman–Crippen MR) is 131 cm³/mol. The molecule has 2 rings (SSSR count). The number of nitrogens with zero attached hydrogens (tertiary/aromatic N) is 2. The minimum absolute atomic E-state index is 0.0832. The Hall–Kier alpha value is -3.10. The van der Waals surface area contributed by atoms with Crippen molar-refractivity contribution in [2.75, 3.05) is 13.6 Å². The van der Waals surface area contributed by atoms with Gasteiger partial charge in [-0.05, 0) is 45.6 Å². The predicted octanol–water partition coefficient (Wildman–Crippen LogP) is 3.12. The van der Waals surface area contributed by atoms with E-state index in [-0.39, 0.29) is 18.4 Å². The number of rotatable bonds is 9. The third-order valence-corrected chi connectivity index (χ3v) is 6.23. The van der Waals surface area contributed by atoms with E-state index in [2.05, 4.69) is 5.32 Å². The lowest BCUT2D eigenvalue weighted by molar-refractivity contribution is -0.172. The average molecular weight is 490 g/mol. The van der Waals surface area contributed by atoms with Gasteiger partial charge in [0.25, 0.3) is 0 Å². The van der Waals surface area contributed by atoms with E-state index < -0.39 is 41.7 Å². The first-order valence-corrected chi connectivity index (χ1v) is 12.1. The third kappa shape index (κ3) is 7.70. The Morgan fingerprint density at radius 2 is 1.77 bits per heavy atom. The van der Waals surface area contributed by atoms with Crippen molar-refractivity contribution in [1.82, 2.24) is 15.1 Å². The summed E-state index contributed by atoms with van der Waals surface area (Å²) in [6.45, 7) is 11.2. The fourth-order valence-corrected chi connectivity index (χ4v) is 3.66. The van der Waals surface area contributed by atoms with E-state index in [9.17, 15) is 19.2 Å². The number of amides is 3. The summed E-state index contributed by atoms with van der Waals surface area (Å²) in [5.74, 6) is -1.36. The van der Waals surface area contributed by atoms with E-state index >= 15 is 0 Å². The first kappa shape index (κ1) is 28.1. The molecule has 194 valence electrons. The second kappa shape index (κ2) is 12.0. The molecule has 1 aliphatic heterocycles. The second-order valence-corrected chi connectivity index (χ2v) is 10.1. The highest BCUT2D eigenvalue weighted by molar-refractivity contribution is 5.93. The first-order chi connectivity index (χ1) is 16.4. The maximum atomic E-state index is 13.3. The van der Waals surface area contributed by atoms with Gasteiger partial charge in [0.15, 0.2) is 0 Å². The lowest BCUT2D eigenvalue weighted by Crippen LogP contribution is -2.62. The number of benzene rings is 1. The van der Waals surface area contributed by atoms with Crippen LogP contribution in [0.2, 0.25) is 0 Å². The Kier molecular flexibility index (Phi) is 9.68. The molecule has 4 atom stereocenters. The van der Waals surface area contributed by atoms with Gasteiger partial charge in [-0.3, -0.25) is 9.59 Å². The fourth-order valence-electron chi connectivity index (χ4n) is 3.66. The molecule has 0 bridgehead atoms. The zero-order chi connectivity index (χ0) is 26.3. The fraction of sp³-hybridized carbons (Fsp3) is 0.615. The molecule has 0 unspecified atom stereocenters. The van der Waals surface area contributed by atoms with Gasteiger partial charge in [0.05, 0.1) is 0 Å². The summed E-state index contributed by atoms with van der Waals surface area (Å²) in [7, 11) is 1.53. The van der Waals surface area contributed by atoms with Crippen LogP contribution in [0.5, 0.6) is 0 Å². The number of hydrogen-bond acceptors (Lipinski definition) is 6. The van der Waals surface area contributed by atoms with Crippen LogP contribution >= 0.6 is 0 Å². The molecule has 1 N–H and O–H groups in total. The smallest absolute Gasteiger partial charge is 0.408 e. The highest BCUT2D eigenvalue weighted by Gasteiger charge is 2.43. The van der Waals surface area contributed by atoms with E-state index in [1.54, 1.807) is 27.7 Å². The van der Waals surface area contributed by atoms with E-state index in [4.69, 9.17) is 9.47 Å². The van der Waals surface area contributed by atoms with Gasteiger partial charge in [-0.25, -0.2) is 9.59 Å². The Labute approximate surface area is 208 Å². The highest BCUT2D eigenvalue weighted by atomic mass is 16.6. The van der Waals surface area contributed by atoms with Crippen LogP contribution in [0.3, 0.4) is 0 Å². The van der Waals surface area contributed by atoms with Gasteiger partial charge in [-0.2, -0.15) is 0 Å². The van der Waals surface area contributed by atoms with Crippen LogP contribution in [0.4, 0.5) is 4.79 Å². The summed E-state index contributed by atoms with van der Waals surface area (Å²) < 4.78 is 10.7. The monoisotopic (exact) mass is 489 g/mol. The van der Waals surface area contributed by atoms with Gasteiger partial charge in [-0.15, -0.1) is 0 Å². The molecule has 1 heterocycles. The van der Waals surface area contributed by atoms with E-state index in [1.165, 1.54) is 16.8 Å². The van der Waals surface area contributed by atoms with Crippen molar-refractivity contribution >= 4 is 23.9 Å². The minimum atomic E-state index is -0.860. The Morgan fingerprint density at radius 3 is 2.29 bits per heavy atom. The summed E-state index contributed by atoms with van der Waals surface area (Å²) in [6.07, 6.45) is 0.459. The van der Waals surface area contributed by atoms with Crippen molar-refractivity contribution in [1.29, 1.82) is 0 Å². The molecule has 0 spiro atoms. The van der Waals surface area contributed by atoms with Gasteiger partial charge in [0.2, 0.25) is 11.8 Å².